The summed E-state index contributed by atoms with van der Waals surface area (Å²) >= 11 is 3.27. The molecule has 0 atom stereocenters. The fourth-order valence-electron chi connectivity index (χ4n) is 0.761. The minimum atomic E-state index is 0.647. The van der Waals surface area contributed by atoms with Gasteiger partial charge in [-0.25, -0.2) is 0 Å². The minimum Gasteiger partial charge on any atom is -0.491 e. The fourth-order valence-corrected chi connectivity index (χ4v) is 0.922. The van der Waals surface area contributed by atoms with Crippen LogP contribution in [0.2, 0.25) is 0 Å². The molecule has 11 heavy (non-hydrogen) atoms. The number of nitrogen functional groups attached to an aromatic ring is 1. The van der Waals surface area contributed by atoms with E-state index in [4.69, 9.17) is 10.5 Å². The zero-order valence-electron chi connectivity index (χ0n) is 6.09. The average Bonchev–Trinajstić information content (AvgIpc) is 2.03. The predicted molar refractivity (Wildman–Crippen MR) is 50.1 cm³/mol. The standard InChI is InChI=1S/C8H10BrNO/c9-5-6-11-8-4-2-1-3-7(8)10/h1-4H,5-6,10H2. The summed E-state index contributed by atoms with van der Waals surface area (Å²) in [5.74, 6) is 0.756. The van der Waals surface area contributed by atoms with Gasteiger partial charge >= 0.3 is 0 Å². The second-order valence-electron chi connectivity index (χ2n) is 2.08. The maximum absolute atomic E-state index is 5.62. The second-order valence-corrected chi connectivity index (χ2v) is 2.87. The highest BCUT2D eigenvalue weighted by molar-refractivity contribution is 9.09. The van der Waals surface area contributed by atoms with Crippen LogP contribution in [0.4, 0.5) is 5.69 Å². The first-order valence-electron chi connectivity index (χ1n) is 3.38. The van der Waals surface area contributed by atoms with E-state index in [0.717, 1.165) is 11.1 Å². The molecule has 1 rings (SSSR count). The van der Waals surface area contributed by atoms with E-state index in [1.807, 2.05) is 24.3 Å². The minimum absolute atomic E-state index is 0.647. The van der Waals surface area contributed by atoms with Crippen LogP contribution in [-0.4, -0.2) is 11.9 Å². The molecule has 0 saturated carbocycles. The van der Waals surface area contributed by atoms with E-state index in [0.29, 0.717) is 12.3 Å². The van der Waals surface area contributed by atoms with Crippen LogP contribution in [0, 0.1) is 0 Å². The van der Waals surface area contributed by atoms with Crippen LogP contribution in [0.15, 0.2) is 24.3 Å². The largest absolute Gasteiger partial charge is 0.491 e. The summed E-state index contributed by atoms with van der Waals surface area (Å²) in [6.45, 7) is 0.647. The number of para-hydroxylation sites is 2. The number of halogens is 1. The molecule has 0 saturated heterocycles. The maximum Gasteiger partial charge on any atom is 0.142 e. The molecular weight excluding hydrogens is 206 g/mol. The lowest BCUT2D eigenvalue weighted by molar-refractivity contribution is 0.347. The number of benzene rings is 1. The molecule has 3 heteroatoms. The van der Waals surface area contributed by atoms with Gasteiger partial charge in [0.05, 0.1) is 12.3 Å². The molecule has 0 aliphatic heterocycles. The lowest BCUT2D eigenvalue weighted by Crippen LogP contribution is -2.00. The molecule has 0 bridgehead atoms. The molecule has 0 aliphatic carbocycles. The van der Waals surface area contributed by atoms with Crippen molar-refractivity contribution in [2.75, 3.05) is 17.7 Å². The Morgan fingerprint density at radius 2 is 2.09 bits per heavy atom. The van der Waals surface area contributed by atoms with Gasteiger partial charge in [-0.3, -0.25) is 0 Å². The molecule has 0 unspecified atom stereocenters. The number of alkyl halides is 1. The maximum atomic E-state index is 5.62. The average molecular weight is 216 g/mol. The van der Waals surface area contributed by atoms with Crippen molar-refractivity contribution < 1.29 is 4.74 Å². The summed E-state index contributed by atoms with van der Waals surface area (Å²) in [6.07, 6.45) is 0. The molecule has 2 N–H and O–H groups in total. The number of rotatable bonds is 3. The number of ether oxygens (including phenoxy) is 1. The Kier molecular flexibility index (Phi) is 3.23. The molecule has 0 amide bonds. The van der Waals surface area contributed by atoms with E-state index in [2.05, 4.69) is 15.9 Å². The number of nitrogens with two attached hydrogens (primary N) is 1. The molecule has 2 nitrogen and oxygen atoms in total. The van der Waals surface area contributed by atoms with Gasteiger partial charge in [0.2, 0.25) is 0 Å². The van der Waals surface area contributed by atoms with Crippen LogP contribution in [0.1, 0.15) is 0 Å². The van der Waals surface area contributed by atoms with Crippen molar-refractivity contribution in [1.82, 2.24) is 0 Å². The van der Waals surface area contributed by atoms with Gasteiger partial charge in [-0.05, 0) is 12.1 Å². The molecule has 0 spiro atoms. The summed E-state index contributed by atoms with van der Waals surface area (Å²) in [5.41, 5.74) is 6.31. The van der Waals surface area contributed by atoms with Crippen LogP contribution in [0.25, 0.3) is 0 Å². The van der Waals surface area contributed by atoms with Crippen LogP contribution in [0.5, 0.6) is 5.75 Å². The van der Waals surface area contributed by atoms with Crippen LogP contribution in [0.3, 0.4) is 0 Å². The number of hydrogen-bond acceptors (Lipinski definition) is 2. The highest BCUT2D eigenvalue weighted by Gasteiger charge is 1.95. The normalized spacial score (nSPS) is 9.55. The van der Waals surface area contributed by atoms with Crippen LogP contribution >= 0.6 is 15.9 Å². The summed E-state index contributed by atoms with van der Waals surface area (Å²) in [7, 11) is 0. The topological polar surface area (TPSA) is 35.2 Å². The molecule has 0 radical (unpaired) electrons. The van der Waals surface area contributed by atoms with Crippen molar-refractivity contribution in [1.29, 1.82) is 0 Å². The van der Waals surface area contributed by atoms with Gasteiger partial charge in [-0.2, -0.15) is 0 Å². The zero-order valence-corrected chi connectivity index (χ0v) is 7.67. The third-order valence-electron chi connectivity index (χ3n) is 1.25. The Hall–Kier alpha value is -0.700. The molecular formula is C8H10BrNO. The fraction of sp³-hybridized carbons (Fsp3) is 0.250. The van der Waals surface area contributed by atoms with Crippen molar-refractivity contribution in [3.05, 3.63) is 24.3 Å². The van der Waals surface area contributed by atoms with Crippen molar-refractivity contribution in [3.8, 4) is 5.75 Å². The first-order chi connectivity index (χ1) is 5.34. The lowest BCUT2D eigenvalue weighted by atomic mass is 10.3. The second kappa shape index (κ2) is 4.23. The van der Waals surface area contributed by atoms with Gasteiger partial charge in [0, 0.05) is 5.33 Å². The van der Waals surface area contributed by atoms with E-state index in [1.54, 1.807) is 0 Å². The van der Waals surface area contributed by atoms with Gasteiger partial charge in [0.1, 0.15) is 5.75 Å². The van der Waals surface area contributed by atoms with Gasteiger partial charge < -0.3 is 10.5 Å². The first-order valence-corrected chi connectivity index (χ1v) is 4.50. The Labute approximate surface area is 74.5 Å². The molecule has 0 aliphatic rings. The number of hydrogen-bond donors (Lipinski definition) is 1. The molecule has 1 aromatic rings. The third-order valence-corrected chi connectivity index (χ3v) is 1.58. The van der Waals surface area contributed by atoms with Crippen molar-refractivity contribution >= 4 is 21.6 Å². The van der Waals surface area contributed by atoms with E-state index in [1.165, 1.54) is 0 Å². The van der Waals surface area contributed by atoms with Gasteiger partial charge in [0.15, 0.2) is 0 Å². The zero-order chi connectivity index (χ0) is 8.10. The van der Waals surface area contributed by atoms with E-state index < -0.39 is 0 Å². The molecule has 0 fully saturated rings. The highest BCUT2D eigenvalue weighted by atomic mass is 79.9. The molecule has 0 aromatic heterocycles. The van der Waals surface area contributed by atoms with Crippen molar-refractivity contribution in [2.45, 2.75) is 0 Å². The van der Waals surface area contributed by atoms with E-state index >= 15 is 0 Å². The van der Waals surface area contributed by atoms with Crippen LogP contribution in [-0.2, 0) is 0 Å². The Morgan fingerprint density at radius 3 is 2.73 bits per heavy atom. The number of anilines is 1. The Morgan fingerprint density at radius 1 is 1.36 bits per heavy atom. The summed E-state index contributed by atoms with van der Waals surface area (Å²) in [4.78, 5) is 0. The van der Waals surface area contributed by atoms with Gasteiger partial charge in [-0.15, -0.1) is 0 Å². The summed E-state index contributed by atoms with van der Waals surface area (Å²) in [6, 6.07) is 7.47. The van der Waals surface area contributed by atoms with E-state index in [-0.39, 0.29) is 0 Å². The summed E-state index contributed by atoms with van der Waals surface area (Å²) < 4.78 is 5.31. The molecule has 0 heterocycles. The monoisotopic (exact) mass is 215 g/mol. The lowest BCUT2D eigenvalue weighted by Gasteiger charge is -2.05. The quantitative estimate of drug-likeness (QED) is 0.619. The molecule has 1 aromatic carbocycles. The van der Waals surface area contributed by atoms with Gasteiger partial charge in [0.25, 0.3) is 0 Å². The SMILES string of the molecule is Nc1ccccc1OCCBr. The third kappa shape index (κ3) is 2.42. The first kappa shape index (κ1) is 8.40. The smallest absolute Gasteiger partial charge is 0.142 e. The molecule has 60 valence electrons. The Bertz CT molecular complexity index is 227. The summed E-state index contributed by atoms with van der Waals surface area (Å²) in [5, 5.41) is 0.821. The van der Waals surface area contributed by atoms with E-state index in [9.17, 15) is 0 Å². The highest BCUT2D eigenvalue weighted by Crippen LogP contribution is 2.19. The van der Waals surface area contributed by atoms with Crippen molar-refractivity contribution in [2.24, 2.45) is 0 Å². The van der Waals surface area contributed by atoms with Crippen molar-refractivity contribution in [3.63, 3.8) is 0 Å². The van der Waals surface area contributed by atoms with Gasteiger partial charge in [-0.1, -0.05) is 28.1 Å². The Balaban J connectivity index is 2.62. The van der Waals surface area contributed by atoms with Crippen LogP contribution < -0.4 is 10.5 Å². The predicted octanol–water partition coefficient (Wildman–Crippen LogP) is 2.04.